The summed E-state index contributed by atoms with van der Waals surface area (Å²) in [4.78, 5) is 22.8. The van der Waals surface area contributed by atoms with Crippen LogP contribution in [0.3, 0.4) is 0 Å². The van der Waals surface area contributed by atoms with Gasteiger partial charge < -0.3 is 5.11 Å². The Morgan fingerprint density at radius 2 is 2.08 bits per heavy atom. The van der Waals surface area contributed by atoms with Crippen LogP contribution in [0.4, 0.5) is 5.69 Å². The van der Waals surface area contributed by atoms with Gasteiger partial charge in [0.05, 0.1) is 21.0 Å². The van der Waals surface area contributed by atoms with Crippen molar-refractivity contribution in [3.63, 3.8) is 0 Å². The number of aromatic hydroxyl groups is 1. The van der Waals surface area contributed by atoms with Gasteiger partial charge in [-0.1, -0.05) is 11.6 Å². The van der Waals surface area contributed by atoms with Crippen molar-refractivity contribution in [2.24, 2.45) is 5.10 Å². The minimum atomic E-state index is -0.482. The lowest BCUT2D eigenvalue weighted by molar-refractivity contribution is -0.384. The van der Waals surface area contributed by atoms with Crippen LogP contribution in [0.5, 0.6) is 5.75 Å². The molecule has 0 saturated carbocycles. The first-order chi connectivity index (χ1) is 11.9. The molecule has 1 heterocycles. The molecule has 1 aromatic heterocycles. The zero-order valence-corrected chi connectivity index (χ0v) is 14.0. The first-order valence-electron chi connectivity index (χ1n) is 6.94. The maximum absolute atomic E-state index is 12.1. The van der Waals surface area contributed by atoms with Gasteiger partial charge in [0.1, 0.15) is 5.75 Å². The minimum Gasteiger partial charge on any atom is -0.506 e. The number of halogens is 1. The summed E-state index contributed by atoms with van der Waals surface area (Å²) in [6.45, 7) is 0. The van der Waals surface area contributed by atoms with Crippen LogP contribution < -0.4 is 5.43 Å². The van der Waals surface area contributed by atoms with Crippen LogP contribution in [0.2, 0.25) is 5.02 Å². The van der Waals surface area contributed by atoms with Crippen molar-refractivity contribution in [2.45, 2.75) is 0 Å². The number of carbonyl (C=O) groups excluding carboxylic acids is 1. The largest absolute Gasteiger partial charge is 0.506 e. The van der Waals surface area contributed by atoms with Crippen molar-refractivity contribution >= 4 is 50.8 Å². The van der Waals surface area contributed by atoms with Gasteiger partial charge in [-0.3, -0.25) is 14.9 Å². The van der Waals surface area contributed by atoms with Gasteiger partial charge in [-0.25, -0.2) is 5.43 Å². The van der Waals surface area contributed by atoms with Gasteiger partial charge in [0.25, 0.3) is 11.6 Å². The molecule has 9 heteroatoms. The Morgan fingerprint density at radius 3 is 2.80 bits per heavy atom. The highest BCUT2D eigenvalue weighted by atomic mass is 35.5. The predicted molar refractivity (Wildman–Crippen MR) is 96.7 cm³/mol. The Kier molecular flexibility index (Phi) is 4.64. The van der Waals surface area contributed by atoms with E-state index in [0.717, 1.165) is 4.70 Å². The highest BCUT2D eigenvalue weighted by Gasteiger charge is 2.12. The molecule has 7 nitrogen and oxygen atoms in total. The summed E-state index contributed by atoms with van der Waals surface area (Å²) in [7, 11) is 0. The smallest absolute Gasteiger partial charge is 0.281 e. The molecule has 0 saturated heterocycles. The molecule has 3 rings (SSSR count). The first kappa shape index (κ1) is 16.9. The molecule has 1 amide bonds. The normalized spacial score (nSPS) is 11.1. The first-order valence-corrected chi connectivity index (χ1v) is 8.13. The Hall–Kier alpha value is -2.97. The molecule has 0 radical (unpaired) electrons. The Labute approximate surface area is 150 Å². The fourth-order valence-electron chi connectivity index (χ4n) is 2.08. The van der Waals surface area contributed by atoms with Gasteiger partial charge >= 0.3 is 0 Å². The number of hydrogen-bond donors (Lipinski definition) is 2. The number of hydrazone groups is 1. The Balaban J connectivity index is 1.74. The molecular weight excluding hydrogens is 366 g/mol. The predicted octanol–water partition coefficient (Wildman–Crippen LogP) is 3.93. The van der Waals surface area contributed by atoms with Gasteiger partial charge in [-0.15, -0.1) is 11.3 Å². The molecule has 126 valence electrons. The van der Waals surface area contributed by atoms with Crippen LogP contribution in [0.25, 0.3) is 10.1 Å². The monoisotopic (exact) mass is 375 g/mol. The van der Waals surface area contributed by atoms with E-state index >= 15 is 0 Å². The van der Waals surface area contributed by atoms with Crippen molar-refractivity contribution in [3.8, 4) is 5.75 Å². The average Bonchev–Trinajstić information content (AvgIpc) is 3.01. The van der Waals surface area contributed by atoms with E-state index in [1.54, 1.807) is 18.2 Å². The van der Waals surface area contributed by atoms with E-state index in [9.17, 15) is 20.0 Å². The molecule has 0 unspecified atom stereocenters. The van der Waals surface area contributed by atoms with Gasteiger partial charge in [0.2, 0.25) is 0 Å². The summed E-state index contributed by atoms with van der Waals surface area (Å²) in [5.74, 6) is -0.466. The molecule has 25 heavy (non-hydrogen) atoms. The number of carbonyl (C=O) groups is 1. The summed E-state index contributed by atoms with van der Waals surface area (Å²) < 4.78 is 0.769. The summed E-state index contributed by atoms with van der Waals surface area (Å²) in [5, 5.41) is 24.8. The number of hydrogen-bond acceptors (Lipinski definition) is 6. The third-order valence-electron chi connectivity index (χ3n) is 3.29. The number of amides is 1. The number of nitro groups is 1. The lowest BCUT2D eigenvalue weighted by atomic mass is 10.2. The number of non-ortho nitro benzene ring substituents is 1. The Morgan fingerprint density at radius 1 is 1.28 bits per heavy atom. The molecule has 0 atom stereocenters. The number of nitrogens with one attached hydrogen (secondary N) is 1. The lowest BCUT2D eigenvalue weighted by Gasteiger charge is -1.98. The third kappa shape index (κ3) is 3.76. The van der Waals surface area contributed by atoms with Crippen molar-refractivity contribution in [1.82, 2.24) is 5.43 Å². The molecule has 0 aliphatic carbocycles. The average molecular weight is 376 g/mol. The lowest BCUT2D eigenvalue weighted by Crippen LogP contribution is -2.16. The van der Waals surface area contributed by atoms with E-state index < -0.39 is 10.8 Å². The van der Waals surface area contributed by atoms with Gasteiger partial charge in [-0.05, 0) is 35.9 Å². The van der Waals surface area contributed by atoms with E-state index in [1.807, 2.05) is 0 Å². The molecular formula is C16H10ClN3O4S. The molecule has 0 spiro atoms. The number of nitro benzene ring substituents is 1. The van der Waals surface area contributed by atoms with Gasteiger partial charge in [-0.2, -0.15) is 5.10 Å². The van der Waals surface area contributed by atoms with Crippen molar-refractivity contribution in [2.75, 3.05) is 0 Å². The Bertz CT molecular complexity index is 1020. The second-order valence-electron chi connectivity index (χ2n) is 5.00. The van der Waals surface area contributed by atoms with Crippen molar-refractivity contribution < 1.29 is 14.8 Å². The molecule has 0 aliphatic heterocycles. The van der Waals surface area contributed by atoms with E-state index in [0.29, 0.717) is 15.8 Å². The maximum Gasteiger partial charge on any atom is 0.281 e. The van der Waals surface area contributed by atoms with Gasteiger partial charge in [0.15, 0.2) is 0 Å². The van der Waals surface area contributed by atoms with Crippen LogP contribution in [-0.4, -0.2) is 22.2 Å². The van der Waals surface area contributed by atoms with Crippen LogP contribution in [-0.2, 0) is 0 Å². The molecule has 3 aromatic rings. The number of nitrogens with zero attached hydrogens (tertiary/aromatic N) is 2. The molecule has 2 aromatic carbocycles. The quantitative estimate of drug-likeness (QED) is 0.409. The minimum absolute atomic E-state index is 0.0283. The summed E-state index contributed by atoms with van der Waals surface area (Å²) >= 11 is 7.00. The van der Waals surface area contributed by atoms with E-state index in [2.05, 4.69) is 10.5 Å². The number of phenols is 1. The van der Waals surface area contributed by atoms with E-state index in [4.69, 9.17) is 11.6 Å². The number of phenolic OH excluding ortho intramolecular Hbond substituents is 1. The van der Waals surface area contributed by atoms with Gasteiger partial charge in [0, 0.05) is 22.2 Å². The second-order valence-corrected chi connectivity index (χ2v) is 6.49. The number of rotatable bonds is 4. The number of fused-ring (bicyclic) bond motifs is 1. The van der Waals surface area contributed by atoms with Crippen molar-refractivity contribution in [1.29, 1.82) is 0 Å². The highest BCUT2D eigenvalue weighted by Crippen LogP contribution is 2.29. The molecule has 0 fully saturated rings. The third-order valence-corrected chi connectivity index (χ3v) is 4.70. The van der Waals surface area contributed by atoms with E-state index in [-0.39, 0.29) is 16.5 Å². The van der Waals surface area contributed by atoms with Crippen LogP contribution in [0, 0.1) is 10.1 Å². The SMILES string of the molecule is O=C(N/N=C\c1ccc(O)c(Cl)c1)c1cc2cc([N+](=O)[O-])ccc2s1. The molecule has 0 bridgehead atoms. The van der Waals surface area contributed by atoms with Crippen LogP contribution in [0.15, 0.2) is 47.6 Å². The van der Waals surface area contributed by atoms with Crippen LogP contribution in [0.1, 0.15) is 15.2 Å². The molecule has 0 aliphatic rings. The summed E-state index contributed by atoms with van der Waals surface area (Å²) in [6, 6.07) is 10.5. The summed E-state index contributed by atoms with van der Waals surface area (Å²) in [6.07, 6.45) is 1.39. The van der Waals surface area contributed by atoms with E-state index in [1.165, 1.54) is 41.8 Å². The summed E-state index contributed by atoms with van der Waals surface area (Å²) in [5.41, 5.74) is 2.96. The molecule has 2 N–H and O–H groups in total. The number of thiophene rings is 1. The van der Waals surface area contributed by atoms with Crippen molar-refractivity contribution in [3.05, 3.63) is 68.0 Å². The maximum atomic E-state index is 12.1. The second kappa shape index (κ2) is 6.88. The standard InChI is InChI=1S/C16H10ClN3O4S/c17-12-5-9(1-3-13(12)21)8-18-19-16(22)15-7-10-6-11(20(23)24)2-4-14(10)25-15/h1-8,21H,(H,19,22)/b18-8-. The fourth-order valence-corrected chi connectivity index (χ4v) is 3.20. The number of benzene rings is 2. The zero-order chi connectivity index (χ0) is 18.0. The zero-order valence-electron chi connectivity index (χ0n) is 12.5. The van der Waals surface area contributed by atoms with Crippen LogP contribution >= 0.6 is 22.9 Å². The highest BCUT2D eigenvalue weighted by molar-refractivity contribution is 7.20. The topological polar surface area (TPSA) is 105 Å². The fraction of sp³-hybridized carbons (Fsp3) is 0.